The van der Waals surface area contributed by atoms with Gasteiger partial charge >= 0.3 is 5.97 Å². The second kappa shape index (κ2) is 6.37. The number of allylic oxidation sites excluding steroid dienone is 2. The molecule has 0 saturated carbocycles. The Balaban J connectivity index is 2.22. The van der Waals surface area contributed by atoms with Crippen molar-refractivity contribution in [2.45, 2.75) is 26.2 Å². The Morgan fingerprint density at radius 2 is 1.90 bits per heavy atom. The second-order valence-electron chi connectivity index (χ2n) is 5.06. The number of amides is 1. The predicted molar refractivity (Wildman–Crippen MR) is 77.6 cm³/mol. The van der Waals surface area contributed by atoms with Crippen molar-refractivity contribution >= 4 is 17.6 Å². The number of carboxylic acid groups (broad SMARTS) is 1. The summed E-state index contributed by atoms with van der Waals surface area (Å²) in [6, 6.07) is 7.59. The summed E-state index contributed by atoms with van der Waals surface area (Å²) in [6.07, 6.45) is 5.47. The molecule has 2 rings (SSSR count). The highest BCUT2D eigenvalue weighted by Gasteiger charge is 2.26. The average Bonchev–Trinajstić information content (AvgIpc) is 2.94. The summed E-state index contributed by atoms with van der Waals surface area (Å²) in [4.78, 5) is 25.0. The van der Waals surface area contributed by atoms with E-state index in [1.54, 1.807) is 4.90 Å². The summed E-state index contributed by atoms with van der Waals surface area (Å²) >= 11 is 0. The van der Waals surface area contributed by atoms with Crippen molar-refractivity contribution in [3.8, 4) is 0 Å². The lowest BCUT2D eigenvalue weighted by atomic mass is 10.0. The van der Waals surface area contributed by atoms with Crippen LogP contribution < -0.4 is 4.90 Å². The Morgan fingerprint density at radius 3 is 2.50 bits per heavy atom. The maximum Gasteiger partial charge on any atom is 0.305 e. The molecule has 1 amide bonds. The van der Waals surface area contributed by atoms with Crippen molar-refractivity contribution in [2.24, 2.45) is 5.92 Å². The SMILES string of the molecule is Cc1ccccc1N(CCC(=O)O)C(=O)C1CC=CC1. The first-order valence-electron chi connectivity index (χ1n) is 6.83. The third-order valence-electron chi connectivity index (χ3n) is 3.58. The highest BCUT2D eigenvalue weighted by Crippen LogP contribution is 2.26. The largest absolute Gasteiger partial charge is 0.481 e. The molecular formula is C16H19NO3. The van der Waals surface area contributed by atoms with Gasteiger partial charge in [-0.15, -0.1) is 0 Å². The standard InChI is InChI=1S/C16H19NO3/c1-12-6-2-5-9-14(12)17(11-10-15(18)19)16(20)13-7-3-4-8-13/h2-6,9,13H,7-8,10-11H2,1H3,(H,18,19). The number of hydrogen-bond acceptors (Lipinski definition) is 2. The van der Waals surface area contributed by atoms with Gasteiger partial charge in [0.05, 0.1) is 6.42 Å². The van der Waals surface area contributed by atoms with Crippen LogP contribution in [0.25, 0.3) is 0 Å². The molecule has 0 saturated heterocycles. The number of carboxylic acids is 1. The number of hydrogen-bond donors (Lipinski definition) is 1. The summed E-state index contributed by atoms with van der Waals surface area (Å²) in [7, 11) is 0. The zero-order valence-corrected chi connectivity index (χ0v) is 11.6. The predicted octanol–water partition coefficient (Wildman–Crippen LogP) is 2.77. The molecule has 0 fully saturated rings. The van der Waals surface area contributed by atoms with Gasteiger partial charge in [0.2, 0.25) is 5.91 Å². The molecule has 0 spiro atoms. The molecule has 1 aliphatic carbocycles. The molecule has 0 bridgehead atoms. The van der Waals surface area contributed by atoms with Crippen LogP contribution in [0.3, 0.4) is 0 Å². The van der Waals surface area contributed by atoms with Gasteiger partial charge in [-0.2, -0.15) is 0 Å². The molecule has 106 valence electrons. The normalized spacial score (nSPS) is 14.4. The Morgan fingerprint density at radius 1 is 1.25 bits per heavy atom. The van der Waals surface area contributed by atoms with Gasteiger partial charge in [-0.3, -0.25) is 9.59 Å². The number of anilines is 1. The third kappa shape index (κ3) is 3.26. The smallest absolute Gasteiger partial charge is 0.305 e. The summed E-state index contributed by atoms with van der Waals surface area (Å²) in [6.45, 7) is 2.15. The van der Waals surface area contributed by atoms with E-state index < -0.39 is 5.97 Å². The van der Waals surface area contributed by atoms with E-state index in [0.29, 0.717) is 0 Å². The fraction of sp³-hybridized carbons (Fsp3) is 0.375. The molecule has 1 N–H and O–H groups in total. The van der Waals surface area contributed by atoms with Crippen LogP contribution in [0.5, 0.6) is 0 Å². The van der Waals surface area contributed by atoms with E-state index in [2.05, 4.69) is 0 Å². The highest BCUT2D eigenvalue weighted by molar-refractivity contribution is 5.96. The first-order chi connectivity index (χ1) is 9.59. The molecule has 4 heteroatoms. The van der Waals surface area contributed by atoms with Crippen molar-refractivity contribution in [3.63, 3.8) is 0 Å². The van der Waals surface area contributed by atoms with Crippen LogP contribution in [-0.4, -0.2) is 23.5 Å². The highest BCUT2D eigenvalue weighted by atomic mass is 16.4. The molecule has 0 aliphatic heterocycles. The fourth-order valence-corrected chi connectivity index (χ4v) is 2.46. The monoisotopic (exact) mass is 273 g/mol. The van der Waals surface area contributed by atoms with Gasteiger partial charge in [0.1, 0.15) is 0 Å². The van der Waals surface area contributed by atoms with Crippen LogP contribution in [-0.2, 0) is 9.59 Å². The maximum absolute atomic E-state index is 12.6. The van der Waals surface area contributed by atoms with Crippen LogP contribution in [0.4, 0.5) is 5.69 Å². The second-order valence-corrected chi connectivity index (χ2v) is 5.06. The molecule has 0 radical (unpaired) electrons. The number of nitrogens with zero attached hydrogens (tertiary/aromatic N) is 1. The number of carbonyl (C=O) groups is 2. The van der Waals surface area contributed by atoms with E-state index in [4.69, 9.17) is 5.11 Å². The quantitative estimate of drug-likeness (QED) is 0.839. The van der Waals surface area contributed by atoms with Crippen LogP contribution in [0, 0.1) is 12.8 Å². The van der Waals surface area contributed by atoms with Crippen molar-refractivity contribution in [1.29, 1.82) is 0 Å². The van der Waals surface area contributed by atoms with Gasteiger partial charge in [-0.05, 0) is 31.4 Å². The number of rotatable bonds is 5. The Hall–Kier alpha value is -2.10. The van der Waals surface area contributed by atoms with E-state index in [1.165, 1.54) is 0 Å². The van der Waals surface area contributed by atoms with Gasteiger partial charge < -0.3 is 10.0 Å². The first kappa shape index (κ1) is 14.3. The Labute approximate surface area is 118 Å². The summed E-state index contributed by atoms with van der Waals surface area (Å²) in [5.74, 6) is -0.921. The fourth-order valence-electron chi connectivity index (χ4n) is 2.46. The lowest BCUT2D eigenvalue weighted by Gasteiger charge is -2.26. The molecule has 1 aromatic rings. The van der Waals surface area contributed by atoms with Crippen molar-refractivity contribution in [2.75, 3.05) is 11.4 Å². The molecule has 1 aromatic carbocycles. The molecule has 0 aromatic heterocycles. The minimum atomic E-state index is -0.888. The van der Waals surface area contributed by atoms with Crippen LogP contribution in [0.1, 0.15) is 24.8 Å². The molecule has 0 heterocycles. The summed E-state index contributed by atoms with van der Waals surface area (Å²) in [5, 5.41) is 8.88. The number of aliphatic carboxylic acids is 1. The number of aryl methyl sites for hydroxylation is 1. The van der Waals surface area contributed by atoms with Gasteiger partial charge in [0, 0.05) is 18.2 Å². The van der Waals surface area contributed by atoms with E-state index >= 15 is 0 Å². The number of benzene rings is 1. The summed E-state index contributed by atoms with van der Waals surface area (Å²) in [5.41, 5.74) is 1.79. The number of para-hydroxylation sites is 1. The minimum Gasteiger partial charge on any atom is -0.481 e. The molecule has 0 atom stereocenters. The Bertz CT molecular complexity index is 528. The van der Waals surface area contributed by atoms with Crippen molar-refractivity contribution < 1.29 is 14.7 Å². The van der Waals surface area contributed by atoms with E-state index in [1.807, 2.05) is 43.3 Å². The van der Waals surface area contributed by atoms with Crippen molar-refractivity contribution in [1.82, 2.24) is 0 Å². The minimum absolute atomic E-state index is 0.0190. The topological polar surface area (TPSA) is 57.6 Å². The Kier molecular flexibility index (Phi) is 4.56. The maximum atomic E-state index is 12.6. The van der Waals surface area contributed by atoms with E-state index in [0.717, 1.165) is 24.1 Å². The molecular weight excluding hydrogens is 254 g/mol. The van der Waals surface area contributed by atoms with Crippen LogP contribution in [0.2, 0.25) is 0 Å². The van der Waals surface area contributed by atoms with Gasteiger partial charge in [0.25, 0.3) is 0 Å². The van der Waals surface area contributed by atoms with Crippen LogP contribution >= 0.6 is 0 Å². The number of carbonyl (C=O) groups excluding carboxylic acids is 1. The zero-order valence-electron chi connectivity index (χ0n) is 11.6. The van der Waals surface area contributed by atoms with E-state index in [9.17, 15) is 9.59 Å². The van der Waals surface area contributed by atoms with Gasteiger partial charge in [0.15, 0.2) is 0 Å². The molecule has 1 aliphatic rings. The van der Waals surface area contributed by atoms with Gasteiger partial charge in [-0.25, -0.2) is 0 Å². The summed E-state index contributed by atoms with van der Waals surface area (Å²) < 4.78 is 0. The molecule has 4 nitrogen and oxygen atoms in total. The van der Waals surface area contributed by atoms with Crippen molar-refractivity contribution in [3.05, 3.63) is 42.0 Å². The van der Waals surface area contributed by atoms with Crippen LogP contribution in [0.15, 0.2) is 36.4 Å². The molecule has 20 heavy (non-hydrogen) atoms. The lowest BCUT2D eigenvalue weighted by molar-refractivity contribution is -0.136. The lowest BCUT2D eigenvalue weighted by Crippen LogP contribution is -2.37. The van der Waals surface area contributed by atoms with Gasteiger partial charge in [-0.1, -0.05) is 30.4 Å². The first-order valence-corrected chi connectivity index (χ1v) is 6.83. The third-order valence-corrected chi connectivity index (χ3v) is 3.58. The molecule has 0 unspecified atom stereocenters. The average molecular weight is 273 g/mol. The zero-order chi connectivity index (χ0) is 14.5. The van der Waals surface area contributed by atoms with E-state index in [-0.39, 0.29) is 24.8 Å².